The Balaban J connectivity index is 1.99. The van der Waals surface area contributed by atoms with Crippen LogP contribution in [0.3, 0.4) is 0 Å². The monoisotopic (exact) mass is 251 g/mol. The van der Waals surface area contributed by atoms with E-state index in [1.807, 2.05) is 6.20 Å². The Hall–Kier alpha value is -0.870. The van der Waals surface area contributed by atoms with Crippen molar-refractivity contribution in [2.45, 2.75) is 64.6 Å². The Labute approximate surface area is 110 Å². The molecule has 4 nitrogen and oxygen atoms in total. The van der Waals surface area contributed by atoms with Gasteiger partial charge in [0.15, 0.2) is 0 Å². The molecule has 1 aliphatic heterocycles. The first-order valence-corrected chi connectivity index (χ1v) is 6.81. The van der Waals surface area contributed by atoms with Crippen molar-refractivity contribution < 1.29 is 4.42 Å². The molecule has 0 aliphatic carbocycles. The van der Waals surface area contributed by atoms with E-state index in [0.717, 1.165) is 37.6 Å². The summed E-state index contributed by atoms with van der Waals surface area (Å²) in [5.41, 5.74) is 6.01. The Kier molecular flexibility index (Phi) is 3.78. The third-order valence-corrected chi connectivity index (χ3v) is 3.69. The van der Waals surface area contributed by atoms with Crippen LogP contribution in [0.2, 0.25) is 0 Å². The molecule has 0 amide bonds. The quantitative estimate of drug-likeness (QED) is 0.876. The second-order valence-corrected chi connectivity index (χ2v) is 6.47. The van der Waals surface area contributed by atoms with Gasteiger partial charge in [0.1, 0.15) is 5.76 Å². The van der Waals surface area contributed by atoms with E-state index >= 15 is 0 Å². The lowest BCUT2D eigenvalue weighted by Gasteiger charge is -2.35. The second kappa shape index (κ2) is 5.02. The molecule has 2 rings (SSSR count). The number of likely N-dealkylation sites (tertiary alicyclic amines) is 1. The van der Waals surface area contributed by atoms with E-state index in [1.165, 1.54) is 0 Å². The molecular formula is C14H25N3O. The summed E-state index contributed by atoms with van der Waals surface area (Å²) < 4.78 is 5.84. The number of nitrogens with zero attached hydrogens (tertiary/aromatic N) is 2. The van der Waals surface area contributed by atoms with Crippen LogP contribution in [0, 0.1) is 0 Å². The molecule has 2 unspecified atom stereocenters. The number of nitrogens with two attached hydrogens (primary N) is 1. The van der Waals surface area contributed by atoms with Crippen LogP contribution in [-0.4, -0.2) is 28.5 Å². The Bertz CT molecular complexity index is 394. The molecule has 1 aliphatic rings. The van der Waals surface area contributed by atoms with E-state index in [1.54, 1.807) is 0 Å². The Morgan fingerprint density at radius 2 is 2.22 bits per heavy atom. The van der Waals surface area contributed by atoms with Crippen molar-refractivity contribution in [2.75, 3.05) is 6.54 Å². The largest absolute Gasteiger partial charge is 0.444 e. The molecule has 18 heavy (non-hydrogen) atoms. The molecule has 0 spiro atoms. The molecule has 2 heterocycles. The molecule has 0 bridgehead atoms. The summed E-state index contributed by atoms with van der Waals surface area (Å²) in [4.78, 5) is 6.80. The van der Waals surface area contributed by atoms with Gasteiger partial charge in [0.05, 0.1) is 12.7 Å². The number of hydrogen-bond acceptors (Lipinski definition) is 4. The second-order valence-electron chi connectivity index (χ2n) is 6.47. The van der Waals surface area contributed by atoms with E-state index in [4.69, 9.17) is 10.2 Å². The molecular weight excluding hydrogens is 226 g/mol. The molecule has 0 aromatic carbocycles. The SMILES string of the molecule is CC1CC(N)CCN1Cc1ncc(C(C)(C)C)o1. The fourth-order valence-corrected chi connectivity index (χ4v) is 2.40. The molecule has 1 aromatic heterocycles. The van der Waals surface area contributed by atoms with E-state index in [2.05, 4.69) is 37.6 Å². The zero-order valence-electron chi connectivity index (χ0n) is 11.9. The third-order valence-electron chi connectivity index (χ3n) is 3.69. The predicted molar refractivity (Wildman–Crippen MR) is 72.3 cm³/mol. The highest BCUT2D eigenvalue weighted by Crippen LogP contribution is 2.24. The van der Waals surface area contributed by atoms with Crippen LogP contribution in [-0.2, 0) is 12.0 Å². The van der Waals surface area contributed by atoms with Crippen molar-refractivity contribution in [3.8, 4) is 0 Å². The van der Waals surface area contributed by atoms with Gasteiger partial charge in [-0.25, -0.2) is 4.98 Å². The minimum atomic E-state index is 0.0289. The van der Waals surface area contributed by atoms with E-state index in [-0.39, 0.29) is 5.41 Å². The maximum atomic E-state index is 5.98. The van der Waals surface area contributed by atoms with Gasteiger partial charge in [0.25, 0.3) is 0 Å². The van der Waals surface area contributed by atoms with Crippen molar-refractivity contribution in [1.29, 1.82) is 0 Å². The maximum absolute atomic E-state index is 5.98. The van der Waals surface area contributed by atoms with Gasteiger partial charge in [0.2, 0.25) is 5.89 Å². The average molecular weight is 251 g/mol. The molecule has 4 heteroatoms. The van der Waals surface area contributed by atoms with E-state index in [0.29, 0.717) is 12.1 Å². The number of aromatic nitrogens is 1. The molecule has 102 valence electrons. The topological polar surface area (TPSA) is 55.3 Å². The molecule has 0 radical (unpaired) electrons. The fourth-order valence-electron chi connectivity index (χ4n) is 2.40. The van der Waals surface area contributed by atoms with Crippen molar-refractivity contribution in [2.24, 2.45) is 5.73 Å². The van der Waals surface area contributed by atoms with Crippen LogP contribution < -0.4 is 5.73 Å². The minimum Gasteiger partial charge on any atom is -0.444 e. The summed E-state index contributed by atoms with van der Waals surface area (Å²) in [6.07, 6.45) is 3.99. The highest BCUT2D eigenvalue weighted by molar-refractivity contribution is 5.06. The minimum absolute atomic E-state index is 0.0289. The van der Waals surface area contributed by atoms with Crippen LogP contribution in [0.4, 0.5) is 0 Å². The van der Waals surface area contributed by atoms with Crippen molar-refractivity contribution in [3.63, 3.8) is 0 Å². The fraction of sp³-hybridized carbons (Fsp3) is 0.786. The summed E-state index contributed by atoms with van der Waals surface area (Å²) >= 11 is 0. The third kappa shape index (κ3) is 3.12. The van der Waals surface area contributed by atoms with E-state index < -0.39 is 0 Å². The lowest BCUT2D eigenvalue weighted by atomic mass is 9.94. The number of piperidine rings is 1. The first-order chi connectivity index (χ1) is 8.36. The van der Waals surface area contributed by atoms with Gasteiger partial charge in [-0.1, -0.05) is 20.8 Å². The van der Waals surface area contributed by atoms with Crippen LogP contribution >= 0.6 is 0 Å². The summed E-state index contributed by atoms with van der Waals surface area (Å²) in [5, 5.41) is 0. The zero-order chi connectivity index (χ0) is 13.3. The van der Waals surface area contributed by atoms with Crippen LogP contribution in [0.25, 0.3) is 0 Å². The zero-order valence-corrected chi connectivity index (χ0v) is 11.9. The summed E-state index contributed by atoms with van der Waals surface area (Å²) in [6.45, 7) is 10.5. The summed E-state index contributed by atoms with van der Waals surface area (Å²) in [7, 11) is 0. The number of oxazole rings is 1. The summed E-state index contributed by atoms with van der Waals surface area (Å²) in [5.74, 6) is 1.78. The van der Waals surface area contributed by atoms with Crippen molar-refractivity contribution in [3.05, 3.63) is 17.8 Å². The van der Waals surface area contributed by atoms with Crippen molar-refractivity contribution >= 4 is 0 Å². The van der Waals surface area contributed by atoms with Gasteiger partial charge < -0.3 is 10.2 Å². The van der Waals surface area contributed by atoms with Gasteiger partial charge >= 0.3 is 0 Å². The Morgan fingerprint density at radius 1 is 1.50 bits per heavy atom. The van der Waals surface area contributed by atoms with Gasteiger partial charge in [-0.2, -0.15) is 0 Å². The molecule has 1 fully saturated rings. The molecule has 1 aromatic rings. The number of hydrogen-bond donors (Lipinski definition) is 1. The van der Waals surface area contributed by atoms with Crippen molar-refractivity contribution in [1.82, 2.24) is 9.88 Å². The summed E-state index contributed by atoms with van der Waals surface area (Å²) in [6, 6.07) is 0.865. The van der Waals surface area contributed by atoms with E-state index in [9.17, 15) is 0 Å². The maximum Gasteiger partial charge on any atom is 0.208 e. The van der Waals surface area contributed by atoms with Gasteiger partial charge in [0, 0.05) is 24.0 Å². The first-order valence-electron chi connectivity index (χ1n) is 6.81. The lowest BCUT2D eigenvalue weighted by Crippen LogP contribution is -2.45. The highest BCUT2D eigenvalue weighted by Gasteiger charge is 2.25. The smallest absolute Gasteiger partial charge is 0.208 e. The standard InChI is InChI=1S/C14H25N3O/c1-10-7-11(15)5-6-17(10)9-13-16-8-12(18-13)14(2,3)4/h8,10-11H,5-7,9,15H2,1-4H3. The predicted octanol–water partition coefficient (Wildman–Crippen LogP) is 2.28. The molecule has 2 atom stereocenters. The molecule has 0 saturated carbocycles. The first kappa shape index (κ1) is 13.6. The highest BCUT2D eigenvalue weighted by atomic mass is 16.4. The van der Waals surface area contributed by atoms with Crippen LogP contribution in [0.1, 0.15) is 52.2 Å². The van der Waals surface area contributed by atoms with Crippen LogP contribution in [0.5, 0.6) is 0 Å². The van der Waals surface area contributed by atoms with Gasteiger partial charge in [-0.15, -0.1) is 0 Å². The Morgan fingerprint density at radius 3 is 2.78 bits per heavy atom. The lowest BCUT2D eigenvalue weighted by molar-refractivity contribution is 0.126. The van der Waals surface area contributed by atoms with Gasteiger partial charge in [-0.05, 0) is 19.8 Å². The number of rotatable bonds is 2. The normalized spacial score (nSPS) is 26.5. The van der Waals surface area contributed by atoms with Gasteiger partial charge in [-0.3, -0.25) is 4.90 Å². The van der Waals surface area contributed by atoms with Crippen LogP contribution in [0.15, 0.2) is 10.6 Å². The molecule has 2 N–H and O–H groups in total. The molecule has 1 saturated heterocycles. The average Bonchev–Trinajstić information content (AvgIpc) is 2.70.